The van der Waals surface area contributed by atoms with Gasteiger partial charge in [0.05, 0.1) is 37.8 Å². The lowest BCUT2D eigenvalue weighted by atomic mass is 10.3. The lowest BCUT2D eigenvalue weighted by Crippen LogP contribution is -2.36. The molecule has 6 nitrogen and oxygen atoms in total. The van der Waals surface area contributed by atoms with E-state index in [0.29, 0.717) is 6.54 Å². The molecule has 1 saturated heterocycles. The summed E-state index contributed by atoms with van der Waals surface area (Å²) >= 11 is 0. The van der Waals surface area contributed by atoms with Gasteiger partial charge >= 0.3 is 0 Å². The van der Waals surface area contributed by atoms with Crippen LogP contribution in [0.25, 0.3) is 0 Å². The highest BCUT2D eigenvalue weighted by Gasteiger charge is 2.11. The van der Waals surface area contributed by atoms with Crippen molar-refractivity contribution in [1.29, 1.82) is 0 Å². The average Bonchev–Trinajstić information content (AvgIpc) is 3.00. The molecule has 100 valence electrons. The Balaban J connectivity index is 1.58. The van der Waals surface area contributed by atoms with Crippen LogP contribution in [-0.4, -0.2) is 36.3 Å². The molecule has 2 aromatic heterocycles. The van der Waals surface area contributed by atoms with Gasteiger partial charge in [-0.25, -0.2) is 9.97 Å². The maximum absolute atomic E-state index is 5.33. The minimum Gasteiger partial charge on any atom is -0.447 e. The molecule has 1 aliphatic heterocycles. The third-order valence-corrected chi connectivity index (χ3v) is 3.03. The molecule has 1 N–H and O–H groups in total. The summed E-state index contributed by atoms with van der Waals surface area (Å²) in [4.78, 5) is 10.6. The van der Waals surface area contributed by atoms with Crippen LogP contribution in [0.15, 0.2) is 35.3 Å². The fourth-order valence-corrected chi connectivity index (χ4v) is 1.99. The first-order valence-corrected chi connectivity index (χ1v) is 6.32. The number of morpholine rings is 1. The molecule has 0 radical (unpaired) electrons. The van der Waals surface area contributed by atoms with Crippen molar-refractivity contribution in [2.45, 2.75) is 6.54 Å². The Morgan fingerprint density at radius 3 is 2.79 bits per heavy atom. The van der Waals surface area contributed by atoms with E-state index >= 15 is 0 Å². The Morgan fingerprint density at radius 1 is 1.21 bits per heavy atom. The van der Waals surface area contributed by atoms with E-state index in [9.17, 15) is 0 Å². The zero-order valence-electron chi connectivity index (χ0n) is 10.6. The monoisotopic (exact) mass is 260 g/mol. The summed E-state index contributed by atoms with van der Waals surface area (Å²) in [5, 5.41) is 3.24. The molecular weight excluding hydrogens is 244 g/mol. The summed E-state index contributed by atoms with van der Waals surface area (Å²) in [5.41, 5.74) is 0.966. The van der Waals surface area contributed by atoms with Gasteiger partial charge in [0.25, 0.3) is 0 Å². The Morgan fingerprint density at radius 2 is 2.11 bits per heavy atom. The fourth-order valence-electron chi connectivity index (χ4n) is 1.99. The molecule has 1 aliphatic rings. The minimum absolute atomic E-state index is 0.610. The molecule has 0 aromatic carbocycles. The third-order valence-electron chi connectivity index (χ3n) is 3.03. The van der Waals surface area contributed by atoms with E-state index in [2.05, 4.69) is 20.2 Å². The zero-order chi connectivity index (χ0) is 12.9. The van der Waals surface area contributed by atoms with Gasteiger partial charge in [0, 0.05) is 13.1 Å². The van der Waals surface area contributed by atoms with Crippen molar-refractivity contribution < 1.29 is 9.15 Å². The van der Waals surface area contributed by atoms with Gasteiger partial charge in [-0.2, -0.15) is 0 Å². The van der Waals surface area contributed by atoms with Crippen LogP contribution in [0, 0.1) is 0 Å². The number of hydrogen-bond acceptors (Lipinski definition) is 6. The van der Waals surface area contributed by atoms with E-state index in [1.165, 1.54) is 6.39 Å². The number of nitrogens with zero attached hydrogens (tertiary/aromatic N) is 3. The highest BCUT2D eigenvalue weighted by atomic mass is 16.5. The molecule has 0 amide bonds. The van der Waals surface area contributed by atoms with E-state index in [0.717, 1.165) is 43.6 Å². The van der Waals surface area contributed by atoms with Gasteiger partial charge in [-0.05, 0) is 12.1 Å². The second-order valence-corrected chi connectivity index (χ2v) is 4.33. The first-order valence-electron chi connectivity index (χ1n) is 6.32. The Kier molecular flexibility index (Phi) is 3.60. The summed E-state index contributed by atoms with van der Waals surface area (Å²) in [6, 6.07) is 4.04. The van der Waals surface area contributed by atoms with Crippen LogP contribution in [0.5, 0.6) is 0 Å². The molecule has 19 heavy (non-hydrogen) atoms. The topological polar surface area (TPSA) is 63.4 Å². The third kappa shape index (κ3) is 3.03. The average molecular weight is 260 g/mol. The SMILES string of the molecule is c1ncc(CNc2ccc(N3CCOCC3)nc2)o1. The van der Waals surface area contributed by atoms with Gasteiger partial charge in [0.2, 0.25) is 0 Å². The Labute approximate surface area is 111 Å². The van der Waals surface area contributed by atoms with Crippen molar-refractivity contribution in [3.8, 4) is 0 Å². The molecule has 0 aliphatic carbocycles. The number of hydrogen-bond donors (Lipinski definition) is 1. The number of nitrogens with one attached hydrogen (secondary N) is 1. The van der Waals surface area contributed by atoms with Gasteiger partial charge in [-0.3, -0.25) is 0 Å². The van der Waals surface area contributed by atoms with E-state index in [1.807, 2.05) is 18.3 Å². The number of ether oxygens (including phenoxy) is 1. The van der Waals surface area contributed by atoms with Crippen LogP contribution < -0.4 is 10.2 Å². The van der Waals surface area contributed by atoms with Crippen LogP contribution in [-0.2, 0) is 11.3 Å². The van der Waals surface area contributed by atoms with Crippen molar-refractivity contribution in [3.05, 3.63) is 36.7 Å². The maximum Gasteiger partial charge on any atom is 0.180 e. The highest BCUT2D eigenvalue weighted by Crippen LogP contribution is 2.15. The molecule has 0 saturated carbocycles. The Hall–Kier alpha value is -2.08. The van der Waals surface area contributed by atoms with E-state index in [4.69, 9.17) is 9.15 Å². The van der Waals surface area contributed by atoms with Gasteiger partial charge < -0.3 is 19.4 Å². The quantitative estimate of drug-likeness (QED) is 0.899. The molecule has 1 fully saturated rings. The Bertz CT molecular complexity index is 492. The first kappa shape index (κ1) is 12.0. The molecule has 0 atom stereocenters. The largest absolute Gasteiger partial charge is 0.447 e. The van der Waals surface area contributed by atoms with Crippen molar-refractivity contribution in [2.24, 2.45) is 0 Å². The normalized spacial score (nSPS) is 15.5. The molecule has 3 heterocycles. The molecule has 0 spiro atoms. The van der Waals surface area contributed by atoms with E-state index in [-0.39, 0.29) is 0 Å². The van der Waals surface area contributed by atoms with Crippen molar-refractivity contribution >= 4 is 11.5 Å². The molecule has 6 heteroatoms. The van der Waals surface area contributed by atoms with Crippen LogP contribution in [0.3, 0.4) is 0 Å². The summed E-state index contributed by atoms with van der Waals surface area (Å²) in [5.74, 6) is 1.80. The van der Waals surface area contributed by atoms with Crippen molar-refractivity contribution in [2.75, 3.05) is 36.5 Å². The number of rotatable bonds is 4. The highest BCUT2D eigenvalue weighted by molar-refractivity contribution is 5.48. The first-order chi connectivity index (χ1) is 9.42. The lowest BCUT2D eigenvalue weighted by molar-refractivity contribution is 0.122. The van der Waals surface area contributed by atoms with E-state index < -0.39 is 0 Å². The van der Waals surface area contributed by atoms with Gasteiger partial charge in [0.1, 0.15) is 11.6 Å². The standard InChI is InChI=1S/C13H16N4O2/c1-2-13(17-3-5-18-6-4-17)16-7-11(1)15-9-12-8-14-10-19-12/h1-2,7-8,10,15H,3-6,9H2. The molecule has 0 bridgehead atoms. The summed E-state index contributed by atoms with van der Waals surface area (Å²) in [6.45, 7) is 3.95. The van der Waals surface area contributed by atoms with E-state index in [1.54, 1.807) is 6.20 Å². The molecule has 2 aromatic rings. The number of anilines is 2. The van der Waals surface area contributed by atoms with Gasteiger partial charge in [-0.15, -0.1) is 0 Å². The predicted molar refractivity (Wildman–Crippen MR) is 71.1 cm³/mol. The maximum atomic E-state index is 5.33. The summed E-state index contributed by atoms with van der Waals surface area (Å²) in [6.07, 6.45) is 4.96. The smallest absolute Gasteiger partial charge is 0.180 e. The second-order valence-electron chi connectivity index (χ2n) is 4.33. The molecule has 0 unspecified atom stereocenters. The van der Waals surface area contributed by atoms with Crippen molar-refractivity contribution in [1.82, 2.24) is 9.97 Å². The molecule has 3 rings (SSSR count). The van der Waals surface area contributed by atoms with Crippen LogP contribution in [0.4, 0.5) is 11.5 Å². The summed E-state index contributed by atoms with van der Waals surface area (Å²) < 4.78 is 10.5. The minimum atomic E-state index is 0.610. The lowest BCUT2D eigenvalue weighted by Gasteiger charge is -2.27. The fraction of sp³-hybridized carbons (Fsp3) is 0.385. The summed E-state index contributed by atoms with van der Waals surface area (Å²) in [7, 11) is 0. The predicted octanol–water partition coefficient (Wildman–Crippen LogP) is 1.52. The molecular formula is C13H16N4O2. The van der Waals surface area contributed by atoms with Crippen LogP contribution >= 0.6 is 0 Å². The second kappa shape index (κ2) is 5.71. The van der Waals surface area contributed by atoms with Crippen LogP contribution in [0.2, 0.25) is 0 Å². The van der Waals surface area contributed by atoms with Gasteiger partial charge in [-0.1, -0.05) is 0 Å². The van der Waals surface area contributed by atoms with Crippen LogP contribution in [0.1, 0.15) is 5.76 Å². The van der Waals surface area contributed by atoms with Crippen molar-refractivity contribution in [3.63, 3.8) is 0 Å². The number of oxazole rings is 1. The zero-order valence-corrected chi connectivity index (χ0v) is 10.6. The number of pyridine rings is 1. The van der Waals surface area contributed by atoms with Gasteiger partial charge in [0.15, 0.2) is 6.39 Å². The number of aromatic nitrogens is 2.